The van der Waals surface area contributed by atoms with Crippen molar-refractivity contribution in [1.29, 1.82) is 0 Å². The maximum Gasteiger partial charge on any atom is 0.230 e. The Morgan fingerprint density at radius 1 is 1.32 bits per heavy atom. The van der Waals surface area contributed by atoms with Crippen LogP contribution < -0.4 is 5.32 Å². The second-order valence-electron chi connectivity index (χ2n) is 5.18. The standard InChI is InChI=1S/C15H20BrNOS/c1-11-4-2-3-5-14(11)17-15(18)10-19-13-8-6-12(16)7-9-13/h6-9,11,14H,2-5,10H2,1H3,(H,17,18)/t11-,14-/m0/s1. The number of nitrogens with one attached hydrogen (secondary N) is 1. The zero-order valence-corrected chi connectivity index (χ0v) is 13.6. The van der Waals surface area contributed by atoms with Gasteiger partial charge >= 0.3 is 0 Å². The first-order chi connectivity index (χ1) is 9.15. The lowest BCUT2D eigenvalue weighted by Crippen LogP contribution is -2.41. The van der Waals surface area contributed by atoms with Crippen LogP contribution >= 0.6 is 27.7 Å². The molecule has 0 unspecified atom stereocenters. The molecule has 1 aromatic carbocycles. The van der Waals surface area contributed by atoms with Crippen LogP contribution in [0.1, 0.15) is 32.6 Å². The lowest BCUT2D eigenvalue weighted by Gasteiger charge is -2.29. The minimum Gasteiger partial charge on any atom is -0.352 e. The van der Waals surface area contributed by atoms with Gasteiger partial charge in [0.2, 0.25) is 5.91 Å². The summed E-state index contributed by atoms with van der Waals surface area (Å²) in [5.41, 5.74) is 0. The molecule has 0 bridgehead atoms. The van der Waals surface area contributed by atoms with E-state index in [1.165, 1.54) is 19.3 Å². The van der Waals surface area contributed by atoms with Crippen molar-refractivity contribution >= 4 is 33.6 Å². The first-order valence-electron chi connectivity index (χ1n) is 6.83. The largest absolute Gasteiger partial charge is 0.352 e. The average molecular weight is 342 g/mol. The van der Waals surface area contributed by atoms with Gasteiger partial charge < -0.3 is 5.32 Å². The van der Waals surface area contributed by atoms with Crippen molar-refractivity contribution in [3.05, 3.63) is 28.7 Å². The molecule has 0 heterocycles. The van der Waals surface area contributed by atoms with E-state index in [0.29, 0.717) is 17.7 Å². The molecule has 2 atom stereocenters. The predicted molar refractivity (Wildman–Crippen MR) is 84.4 cm³/mol. The Hall–Kier alpha value is -0.480. The molecule has 0 aliphatic heterocycles. The summed E-state index contributed by atoms with van der Waals surface area (Å²) in [4.78, 5) is 13.1. The second kappa shape index (κ2) is 7.34. The van der Waals surface area contributed by atoms with Crippen LogP contribution in [-0.2, 0) is 4.79 Å². The number of thioether (sulfide) groups is 1. The zero-order chi connectivity index (χ0) is 13.7. The van der Waals surface area contributed by atoms with E-state index in [4.69, 9.17) is 0 Å². The third-order valence-electron chi connectivity index (χ3n) is 3.64. The molecule has 19 heavy (non-hydrogen) atoms. The van der Waals surface area contributed by atoms with Crippen LogP contribution in [0.15, 0.2) is 33.6 Å². The fourth-order valence-electron chi connectivity index (χ4n) is 2.46. The van der Waals surface area contributed by atoms with E-state index in [1.54, 1.807) is 11.8 Å². The maximum absolute atomic E-state index is 12.0. The Labute approximate surface area is 127 Å². The van der Waals surface area contributed by atoms with Crippen LogP contribution in [0, 0.1) is 5.92 Å². The number of hydrogen-bond acceptors (Lipinski definition) is 2. The number of hydrogen-bond donors (Lipinski definition) is 1. The average Bonchev–Trinajstić information content (AvgIpc) is 2.41. The highest BCUT2D eigenvalue weighted by molar-refractivity contribution is 9.10. The summed E-state index contributed by atoms with van der Waals surface area (Å²) in [6, 6.07) is 8.45. The fraction of sp³-hybridized carbons (Fsp3) is 0.533. The number of carbonyl (C=O) groups is 1. The number of halogens is 1. The van der Waals surface area contributed by atoms with E-state index in [9.17, 15) is 4.79 Å². The summed E-state index contributed by atoms with van der Waals surface area (Å²) in [6.45, 7) is 2.24. The van der Waals surface area contributed by atoms with Crippen molar-refractivity contribution in [2.24, 2.45) is 5.92 Å². The van der Waals surface area contributed by atoms with E-state index >= 15 is 0 Å². The molecule has 1 aliphatic carbocycles. The van der Waals surface area contributed by atoms with Crippen LogP contribution in [0.5, 0.6) is 0 Å². The number of benzene rings is 1. The first-order valence-corrected chi connectivity index (χ1v) is 8.61. The van der Waals surface area contributed by atoms with Gasteiger partial charge in [0.1, 0.15) is 0 Å². The lowest BCUT2D eigenvalue weighted by molar-refractivity contribution is -0.119. The Kier molecular flexibility index (Phi) is 5.76. The van der Waals surface area contributed by atoms with Gasteiger partial charge in [-0.1, -0.05) is 35.7 Å². The predicted octanol–water partition coefficient (Wildman–Crippen LogP) is 4.24. The fourth-order valence-corrected chi connectivity index (χ4v) is 3.43. The molecule has 0 radical (unpaired) electrons. The van der Waals surface area contributed by atoms with Crippen molar-refractivity contribution in [3.8, 4) is 0 Å². The molecule has 4 heteroatoms. The van der Waals surface area contributed by atoms with Gasteiger partial charge in [-0.25, -0.2) is 0 Å². The van der Waals surface area contributed by atoms with Crippen molar-refractivity contribution in [1.82, 2.24) is 5.32 Å². The van der Waals surface area contributed by atoms with Gasteiger partial charge in [0.25, 0.3) is 0 Å². The van der Waals surface area contributed by atoms with Gasteiger partial charge in [-0.2, -0.15) is 0 Å². The molecule has 1 fully saturated rings. The molecule has 0 saturated heterocycles. The van der Waals surface area contributed by atoms with Crippen molar-refractivity contribution in [2.75, 3.05) is 5.75 Å². The highest BCUT2D eigenvalue weighted by Crippen LogP contribution is 2.24. The van der Waals surface area contributed by atoms with E-state index < -0.39 is 0 Å². The molecule has 1 saturated carbocycles. The van der Waals surface area contributed by atoms with E-state index in [2.05, 4.69) is 28.2 Å². The van der Waals surface area contributed by atoms with Crippen molar-refractivity contribution in [3.63, 3.8) is 0 Å². The van der Waals surface area contributed by atoms with Crippen molar-refractivity contribution < 1.29 is 4.79 Å². The minimum atomic E-state index is 0.159. The van der Waals surface area contributed by atoms with E-state index in [1.807, 2.05) is 24.3 Å². The molecule has 2 nitrogen and oxygen atoms in total. The molecular formula is C15H20BrNOS. The van der Waals surface area contributed by atoms with Crippen LogP contribution in [0.4, 0.5) is 0 Å². The molecule has 1 aliphatic rings. The smallest absolute Gasteiger partial charge is 0.230 e. The van der Waals surface area contributed by atoms with Crippen LogP contribution in [0.3, 0.4) is 0 Å². The summed E-state index contributed by atoms with van der Waals surface area (Å²) in [5, 5.41) is 3.18. The van der Waals surface area contributed by atoms with Crippen LogP contribution in [0.25, 0.3) is 0 Å². The number of amides is 1. The SMILES string of the molecule is C[C@H]1CCCC[C@@H]1NC(=O)CSc1ccc(Br)cc1. The van der Waals surface area contributed by atoms with Crippen LogP contribution in [0.2, 0.25) is 0 Å². The highest BCUT2D eigenvalue weighted by Gasteiger charge is 2.22. The quantitative estimate of drug-likeness (QED) is 0.830. The van der Waals surface area contributed by atoms with Gasteiger partial charge in [0, 0.05) is 15.4 Å². The number of carbonyl (C=O) groups excluding carboxylic acids is 1. The van der Waals surface area contributed by atoms with Gasteiger partial charge in [-0.3, -0.25) is 4.79 Å². The molecule has 2 rings (SSSR count). The Morgan fingerprint density at radius 3 is 2.68 bits per heavy atom. The Morgan fingerprint density at radius 2 is 2.00 bits per heavy atom. The summed E-state index contributed by atoms with van der Waals surface area (Å²) in [7, 11) is 0. The zero-order valence-electron chi connectivity index (χ0n) is 11.2. The maximum atomic E-state index is 12.0. The van der Waals surface area contributed by atoms with E-state index in [-0.39, 0.29) is 5.91 Å². The topological polar surface area (TPSA) is 29.1 Å². The first kappa shape index (κ1) is 14.9. The molecule has 1 N–H and O–H groups in total. The normalized spacial score (nSPS) is 23.1. The Balaban J connectivity index is 1.76. The summed E-state index contributed by atoms with van der Waals surface area (Å²) in [6.07, 6.45) is 4.93. The van der Waals surface area contributed by atoms with Gasteiger partial charge in [-0.15, -0.1) is 11.8 Å². The van der Waals surface area contributed by atoms with Gasteiger partial charge in [0.15, 0.2) is 0 Å². The molecule has 104 valence electrons. The summed E-state index contributed by atoms with van der Waals surface area (Å²) in [5.74, 6) is 1.28. The number of rotatable bonds is 4. The lowest BCUT2D eigenvalue weighted by atomic mass is 9.86. The van der Waals surface area contributed by atoms with Gasteiger partial charge in [-0.05, 0) is 43.0 Å². The Bertz CT molecular complexity index is 421. The minimum absolute atomic E-state index is 0.159. The third-order valence-corrected chi connectivity index (χ3v) is 5.18. The highest BCUT2D eigenvalue weighted by atomic mass is 79.9. The molecule has 1 amide bonds. The molecule has 1 aromatic rings. The van der Waals surface area contributed by atoms with Gasteiger partial charge in [0.05, 0.1) is 5.75 Å². The van der Waals surface area contributed by atoms with Crippen molar-refractivity contribution in [2.45, 2.75) is 43.5 Å². The molecule has 0 aromatic heterocycles. The summed E-state index contributed by atoms with van der Waals surface area (Å²) < 4.78 is 1.07. The van der Waals surface area contributed by atoms with Crippen LogP contribution in [-0.4, -0.2) is 17.7 Å². The molecule has 0 spiro atoms. The third kappa shape index (κ3) is 4.84. The summed E-state index contributed by atoms with van der Waals surface area (Å²) >= 11 is 5.00. The molecular weight excluding hydrogens is 322 g/mol. The second-order valence-corrected chi connectivity index (χ2v) is 7.14. The van der Waals surface area contributed by atoms with E-state index in [0.717, 1.165) is 15.8 Å². The monoisotopic (exact) mass is 341 g/mol.